The highest BCUT2D eigenvalue weighted by molar-refractivity contribution is 5.36. The fourth-order valence-corrected chi connectivity index (χ4v) is 6.25. The Morgan fingerprint density at radius 1 is 1.10 bits per heavy atom. The Morgan fingerprint density at radius 3 is 2.53 bits per heavy atom. The Hall–Kier alpha value is -1.12. The van der Waals surface area contributed by atoms with Crippen molar-refractivity contribution in [2.45, 2.75) is 97.7 Å². The molecule has 0 amide bonds. The van der Waals surface area contributed by atoms with Crippen molar-refractivity contribution in [3.05, 3.63) is 47.6 Å². The third kappa shape index (κ3) is 5.02. The van der Waals surface area contributed by atoms with Crippen molar-refractivity contribution in [3.8, 4) is 0 Å². The van der Waals surface area contributed by atoms with Crippen LogP contribution in [0.2, 0.25) is 0 Å². The fourth-order valence-electron chi connectivity index (χ4n) is 6.25. The first kappa shape index (κ1) is 23.5. The molecule has 3 rings (SSSR count). The molecule has 3 aliphatic carbocycles. The minimum absolute atomic E-state index is 0.164. The van der Waals surface area contributed by atoms with Crippen LogP contribution in [0, 0.1) is 29.1 Å². The number of hydrogen-bond donors (Lipinski definition) is 2. The maximum absolute atomic E-state index is 10.3. The summed E-state index contributed by atoms with van der Waals surface area (Å²) >= 11 is 0. The lowest BCUT2D eigenvalue weighted by atomic mass is 9.61. The molecule has 168 valence electrons. The van der Waals surface area contributed by atoms with Crippen LogP contribution in [0.5, 0.6) is 0 Å². The molecule has 0 aromatic carbocycles. The molecule has 0 aliphatic heterocycles. The second-order valence-electron chi connectivity index (χ2n) is 11.2. The second-order valence-corrected chi connectivity index (χ2v) is 11.2. The van der Waals surface area contributed by atoms with Gasteiger partial charge in [0.1, 0.15) is 0 Å². The summed E-state index contributed by atoms with van der Waals surface area (Å²) < 4.78 is 0. The number of hydrogen-bond acceptors (Lipinski definition) is 2. The molecule has 0 aromatic rings. The average Bonchev–Trinajstić information content (AvgIpc) is 3.03. The van der Waals surface area contributed by atoms with Crippen molar-refractivity contribution in [1.29, 1.82) is 0 Å². The number of fused-ring (bicyclic) bond motifs is 1. The van der Waals surface area contributed by atoms with Gasteiger partial charge in [-0.25, -0.2) is 0 Å². The Kier molecular flexibility index (Phi) is 7.19. The molecule has 0 heterocycles. The highest BCUT2D eigenvalue weighted by Gasteiger charge is 2.50. The van der Waals surface area contributed by atoms with Crippen LogP contribution in [0.4, 0.5) is 0 Å². The molecule has 0 bridgehead atoms. The minimum atomic E-state index is -0.663. The van der Waals surface area contributed by atoms with Crippen LogP contribution in [0.1, 0.15) is 86.0 Å². The summed E-state index contributed by atoms with van der Waals surface area (Å²) in [5, 5.41) is 20.3. The predicted molar refractivity (Wildman–Crippen MR) is 127 cm³/mol. The zero-order chi connectivity index (χ0) is 22.1. The summed E-state index contributed by atoms with van der Waals surface area (Å²) in [6.45, 7) is 15.0. The van der Waals surface area contributed by atoms with Crippen LogP contribution in [0.15, 0.2) is 47.6 Å². The highest BCUT2D eigenvalue weighted by atomic mass is 16.3. The van der Waals surface area contributed by atoms with E-state index in [4.69, 9.17) is 0 Å². The van der Waals surface area contributed by atoms with E-state index in [0.717, 1.165) is 19.3 Å². The summed E-state index contributed by atoms with van der Waals surface area (Å²) in [7, 11) is 0. The largest absolute Gasteiger partial charge is 0.393 e. The van der Waals surface area contributed by atoms with E-state index < -0.39 is 5.60 Å². The van der Waals surface area contributed by atoms with Crippen LogP contribution in [0.3, 0.4) is 0 Å². The number of rotatable bonds is 5. The lowest BCUT2D eigenvalue weighted by Gasteiger charge is -2.44. The Balaban J connectivity index is 1.75. The molecule has 3 aliphatic rings. The van der Waals surface area contributed by atoms with E-state index in [1.54, 1.807) is 5.57 Å². The highest BCUT2D eigenvalue weighted by Crippen LogP contribution is 2.59. The summed E-state index contributed by atoms with van der Waals surface area (Å²) in [5.41, 5.74) is 3.78. The van der Waals surface area contributed by atoms with E-state index >= 15 is 0 Å². The normalized spacial score (nSPS) is 37.7. The van der Waals surface area contributed by atoms with Crippen LogP contribution in [0.25, 0.3) is 0 Å². The van der Waals surface area contributed by atoms with Gasteiger partial charge in [-0.1, -0.05) is 62.8 Å². The molecule has 6 atom stereocenters. The lowest BCUT2D eigenvalue weighted by Crippen LogP contribution is -2.35. The van der Waals surface area contributed by atoms with E-state index in [1.807, 2.05) is 13.8 Å². The second kappa shape index (κ2) is 9.17. The minimum Gasteiger partial charge on any atom is -0.393 e. The first-order chi connectivity index (χ1) is 14.0. The topological polar surface area (TPSA) is 40.5 Å². The third-order valence-corrected chi connectivity index (χ3v) is 8.68. The van der Waals surface area contributed by atoms with Crippen molar-refractivity contribution in [3.63, 3.8) is 0 Å². The van der Waals surface area contributed by atoms with Crippen LogP contribution < -0.4 is 0 Å². The molecule has 30 heavy (non-hydrogen) atoms. The monoisotopic (exact) mass is 412 g/mol. The maximum Gasteiger partial charge on any atom is 0.0651 e. The third-order valence-electron chi connectivity index (χ3n) is 8.68. The van der Waals surface area contributed by atoms with Crippen LogP contribution in [-0.4, -0.2) is 21.9 Å². The van der Waals surface area contributed by atoms with Gasteiger partial charge in [0.2, 0.25) is 0 Å². The van der Waals surface area contributed by atoms with Gasteiger partial charge in [-0.3, -0.25) is 0 Å². The molecular formula is C28H44O2. The Bertz CT molecular complexity index is 719. The van der Waals surface area contributed by atoms with Crippen molar-refractivity contribution in [2.24, 2.45) is 29.1 Å². The molecule has 2 heteroatoms. The summed E-state index contributed by atoms with van der Waals surface area (Å²) in [4.78, 5) is 0. The SMILES string of the molecule is C=C1CC[C@H](O)C/C1=C/C=C1\CCC[C@]2(C)[C@@H]([C@@H](C)/C=C/[C@H](C)C(C)(C)O)CC[C@@H]12. The standard InChI is InChI=1S/C28H44O2/c1-19-10-14-24(29)18-23(19)13-12-22-8-7-17-28(6)25(15-16-26(22)28)20(2)9-11-21(3)27(4,5)30/h9,11-13,20-21,24-26,29-30H,1,7-8,10,14-18H2,2-6H3/b11-9+,22-12+,23-13-/t20-,21-,24-,25+,26-,28+/m0/s1. The maximum atomic E-state index is 10.3. The molecule has 3 fully saturated rings. The molecule has 0 saturated heterocycles. The zero-order valence-corrected chi connectivity index (χ0v) is 20.0. The van der Waals surface area contributed by atoms with Gasteiger partial charge in [-0.15, -0.1) is 0 Å². The fraction of sp³-hybridized carbons (Fsp3) is 0.714. The number of allylic oxidation sites excluding steroid dienone is 5. The summed E-state index contributed by atoms with van der Waals surface area (Å²) in [6.07, 6.45) is 18.0. The first-order valence-corrected chi connectivity index (χ1v) is 12.2. The van der Waals surface area contributed by atoms with E-state index in [0.29, 0.717) is 23.2 Å². The zero-order valence-electron chi connectivity index (χ0n) is 20.0. The molecule has 3 saturated carbocycles. The molecule has 2 N–H and O–H groups in total. The molecule has 0 radical (unpaired) electrons. The molecular weight excluding hydrogens is 368 g/mol. The first-order valence-electron chi connectivity index (χ1n) is 12.2. The van der Waals surface area contributed by atoms with Gasteiger partial charge in [0.05, 0.1) is 11.7 Å². The van der Waals surface area contributed by atoms with Crippen molar-refractivity contribution in [1.82, 2.24) is 0 Å². The van der Waals surface area contributed by atoms with E-state index in [2.05, 4.69) is 51.7 Å². The van der Waals surface area contributed by atoms with Gasteiger partial charge in [0.15, 0.2) is 0 Å². The Labute approximate surface area is 184 Å². The van der Waals surface area contributed by atoms with Gasteiger partial charge in [0.25, 0.3) is 0 Å². The van der Waals surface area contributed by atoms with Crippen molar-refractivity contribution >= 4 is 0 Å². The van der Waals surface area contributed by atoms with Crippen molar-refractivity contribution in [2.75, 3.05) is 0 Å². The number of aliphatic hydroxyl groups excluding tert-OH is 1. The van der Waals surface area contributed by atoms with Crippen molar-refractivity contribution < 1.29 is 10.2 Å². The van der Waals surface area contributed by atoms with Gasteiger partial charge < -0.3 is 10.2 Å². The number of aliphatic hydroxyl groups is 2. The molecule has 0 aromatic heterocycles. The van der Waals surface area contributed by atoms with Crippen LogP contribution >= 0.6 is 0 Å². The van der Waals surface area contributed by atoms with E-state index in [1.165, 1.54) is 43.3 Å². The quantitative estimate of drug-likeness (QED) is 0.490. The van der Waals surface area contributed by atoms with Gasteiger partial charge in [0, 0.05) is 5.92 Å². The molecule has 0 unspecified atom stereocenters. The molecule has 2 nitrogen and oxygen atoms in total. The molecule has 0 spiro atoms. The smallest absolute Gasteiger partial charge is 0.0651 e. The Morgan fingerprint density at radius 2 is 1.83 bits per heavy atom. The van der Waals surface area contributed by atoms with E-state index in [-0.39, 0.29) is 12.0 Å². The van der Waals surface area contributed by atoms with Gasteiger partial charge in [-0.2, -0.15) is 0 Å². The van der Waals surface area contributed by atoms with Crippen LogP contribution in [-0.2, 0) is 0 Å². The van der Waals surface area contributed by atoms with E-state index in [9.17, 15) is 10.2 Å². The average molecular weight is 413 g/mol. The summed E-state index contributed by atoms with van der Waals surface area (Å²) in [5.74, 6) is 2.08. The summed E-state index contributed by atoms with van der Waals surface area (Å²) in [6, 6.07) is 0. The van der Waals surface area contributed by atoms with Gasteiger partial charge >= 0.3 is 0 Å². The van der Waals surface area contributed by atoms with Gasteiger partial charge in [-0.05, 0) is 94.0 Å². The predicted octanol–water partition coefficient (Wildman–Crippen LogP) is 6.76. The lowest BCUT2D eigenvalue weighted by molar-refractivity contribution is 0.0436.